The number of rotatable bonds is 6. The van der Waals surface area contributed by atoms with Crippen LogP contribution in [-0.4, -0.2) is 37.1 Å². The first kappa shape index (κ1) is 24.5. The first-order chi connectivity index (χ1) is 16.6. The van der Waals surface area contributed by atoms with Crippen LogP contribution in [0.1, 0.15) is 46.9 Å². The number of nitrogens with one attached hydrogen (secondary N) is 2. The van der Waals surface area contributed by atoms with Gasteiger partial charge in [-0.3, -0.25) is 14.3 Å². The molecular formula is C25H28N4O5S. The van der Waals surface area contributed by atoms with E-state index in [1.54, 1.807) is 12.1 Å². The number of ether oxygens (including phenoxy) is 1. The van der Waals surface area contributed by atoms with Gasteiger partial charge in [-0.1, -0.05) is 30.7 Å². The Morgan fingerprint density at radius 3 is 2.40 bits per heavy atom. The van der Waals surface area contributed by atoms with Gasteiger partial charge in [0.05, 0.1) is 18.5 Å². The number of aryl methyl sites for hydroxylation is 4. The number of sulfonamides is 1. The molecule has 1 aliphatic heterocycles. The van der Waals surface area contributed by atoms with Crippen LogP contribution in [-0.2, 0) is 21.2 Å². The van der Waals surface area contributed by atoms with Crippen LogP contribution in [0, 0.1) is 20.8 Å². The smallest absolute Gasteiger partial charge is 0.265 e. The second-order valence-corrected chi connectivity index (χ2v) is 10.3. The van der Waals surface area contributed by atoms with E-state index < -0.39 is 10.0 Å². The first-order valence-electron chi connectivity index (χ1n) is 11.3. The molecule has 0 saturated carbocycles. The molecule has 0 aliphatic carbocycles. The zero-order chi connectivity index (χ0) is 25.5. The fraction of sp³-hybridized carbons (Fsp3) is 0.320. The van der Waals surface area contributed by atoms with Gasteiger partial charge in [0.1, 0.15) is 16.5 Å². The van der Waals surface area contributed by atoms with Crippen LogP contribution in [0.4, 0.5) is 11.5 Å². The van der Waals surface area contributed by atoms with Crippen LogP contribution in [0.25, 0.3) is 11.1 Å². The largest absolute Gasteiger partial charge is 0.495 e. The number of methoxy groups -OCH3 is 1. The lowest BCUT2D eigenvalue weighted by Crippen LogP contribution is -2.16. The highest BCUT2D eigenvalue weighted by atomic mass is 32.2. The summed E-state index contributed by atoms with van der Waals surface area (Å²) in [5.41, 5.74) is 4.73. The molecule has 0 radical (unpaired) electrons. The van der Waals surface area contributed by atoms with E-state index in [1.165, 1.54) is 17.9 Å². The quantitative estimate of drug-likeness (QED) is 0.527. The molecule has 35 heavy (non-hydrogen) atoms. The van der Waals surface area contributed by atoms with Crippen molar-refractivity contribution in [1.29, 1.82) is 0 Å². The molecule has 184 valence electrons. The minimum Gasteiger partial charge on any atom is -0.495 e. The standard InChI is InChI=1S/C25H28N4O5S/c1-6-18-23(25-26-21(30)9-10-22(31)29(25)27-18)17-7-8-19(34-5)20(13-17)35(32,33)28-24-15(3)11-14(2)12-16(24)4/h7-8,11-13,28H,6,9-10H2,1-5H3,(H,26,30). The average Bonchev–Trinajstić information content (AvgIpc) is 3.10. The Bertz CT molecular complexity index is 1430. The molecule has 3 aromatic rings. The molecule has 1 aromatic heterocycles. The van der Waals surface area contributed by atoms with Crippen LogP contribution in [0.15, 0.2) is 35.2 Å². The molecule has 9 nitrogen and oxygen atoms in total. The fourth-order valence-corrected chi connectivity index (χ4v) is 5.80. The maximum absolute atomic E-state index is 13.6. The van der Waals surface area contributed by atoms with E-state index in [1.807, 2.05) is 39.8 Å². The van der Waals surface area contributed by atoms with Gasteiger partial charge in [-0.2, -0.15) is 9.78 Å². The topological polar surface area (TPSA) is 119 Å². The zero-order valence-corrected chi connectivity index (χ0v) is 21.2. The summed E-state index contributed by atoms with van der Waals surface area (Å²) in [6.45, 7) is 7.53. The van der Waals surface area contributed by atoms with E-state index in [0.29, 0.717) is 28.9 Å². The van der Waals surface area contributed by atoms with Gasteiger partial charge in [0.2, 0.25) is 11.8 Å². The SMILES string of the molecule is CCc1nn2c(c1-c1ccc(OC)c(S(=O)(=O)Nc3c(C)cc(C)cc3C)c1)NC(=O)CCC2=O. The van der Waals surface area contributed by atoms with Crippen LogP contribution in [0.5, 0.6) is 5.75 Å². The molecule has 2 heterocycles. The number of carbonyl (C=O) groups excluding carboxylic acids is 2. The summed E-state index contributed by atoms with van der Waals surface area (Å²) in [6, 6.07) is 8.56. The first-order valence-corrected chi connectivity index (χ1v) is 12.8. The van der Waals surface area contributed by atoms with E-state index in [0.717, 1.165) is 16.7 Å². The predicted molar refractivity (Wildman–Crippen MR) is 134 cm³/mol. The summed E-state index contributed by atoms with van der Waals surface area (Å²) >= 11 is 0. The third kappa shape index (κ3) is 4.53. The Morgan fingerprint density at radius 1 is 1.09 bits per heavy atom. The van der Waals surface area contributed by atoms with Crippen LogP contribution < -0.4 is 14.8 Å². The van der Waals surface area contributed by atoms with Gasteiger partial charge < -0.3 is 10.1 Å². The summed E-state index contributed by atoms with van der Waals surface area (Å²) < 4.78 is 36.4. The molecule has 0 bridgehead atoms. The van der Waals surface area contributed by atoms with Gasteiger partial charge in [-0.05, 0) is 56.0 Å². The Morgan fingerprint density at radius 2 is 1.77 bits per heavy atom. The van der Waals surface area contributed by atoms with E-state index in [2.05, 4.69) is 15.1 Å². The van der Waals surface area contributed by atoms with Gasteiger partial charge in [-0.25, -0.2) is 8.42 Å². The van der Waals surface area contributed by atoms with E-state index in [9.17, 15) is 18.0 Å². The second kappa shape index (κ2) is 9.18. The van der Waals surface area contributed by atoms with Crippen molar-refractivity contribution < 1.29 is 22.7 Å². The molecular weight excluding hydrogens is 468 g/mol. The van der Waals surface area contributed by atoms with E-state index in [-0.39, 0.29) is 41.1 Å². The number of aromatic nitrogens is 2. The van der Waals surface area contributed by atoms with E-state index >= 15 is 0 Å². The molecule has 0 spiro atoms. The number of hydrogen-bond acceptors (Lipinski definition) is 6. The highest BCUT2D eigenvalue weighted by Gasteiger charge is 2.29. The summed E-state index contributed by atoms with van der Waals surface area (Å²) in [6.07, 6.45) is 0.585. The van der Waals surface area contributed by atoms with Crippen molar-refractivity contribution >= 4 is 33.3 Å². The van der Waals surface area contributed by atoms with Gasteiger partial charge in [0, 0.05) is 18.4 Å². The minimum atomic E-state index is -4.05. The Kier molecular flexibility index (Phi) is 6.42. The minimum absolute atomic E-state index is 0.0462. The van der Waals surface area contributed by atoms with Crippen molar-refractivity contribution in [3.05, 3.63) is 52.7 Å². The zero-order valence-electron chi connectivity index (χ0n) is 20.4. The lowest BCUT2D eigenvalue weighted by Gasteiger charge is -2.17. The molecule has 0 atom stereocenters. The van der Waals surface area contributed by atoms with Gasteiger partial charge >= 0.3 is 0 Å². The lowest BCUT2D eigenvalue weighted by atomic mass is 10.0. The highest BCUT2D eigenvalue weighted by Crippen LogP contribution is 2.38. The number of nitrogens with zero attached hydrogens (tertiary/aromatic N) is 2. The van der Waals surface area contributed by atoms with Crippen molar-refractivity contribution in [3.8, 4) is 16.9 Å². The van der Waals surface area contributed by atoms with Crippen LogP contribution in [0.3, 0.4) is 0 Å². The van der Waals surface area contributed by atoms with Gasteiger partial charge in [-0.15, -0.1) is 0 Å². The Labute approximate surface area is 204 Å². The monoisotopic (exact) mass is 496 g/mol. The molecule has 0 saturated heterocycles. The van der Waals surface area contributed by atoms with Gasteiger partial charge in [0.25, 0.3) is 10.0 Å². The summed E-state index contributed by atoms with van der Waals surface area (Å²) in [5, 5.41) is 7.18. The van der Waals surface area contributed by atoms with Gasteiger partial charge in [0.15, 0.2) is 0 Å². The van der Waals surface area contributed by atoms with Crippen LogP contribution in [0.2, 0.25) is 0 Å². The Hall–Kier alpha value is -3.66. The van der Waals surface area contributed by atoms with Crippen molar-refractivity contribution in [3.63, 3.8) is 0 Å². The Balaban J connectivity index is 1.87. The predicted octanol–water partition coefficient (Wildman–Crippen LogP) is 4.22. The van der Waals surface area contributed by atoms with Crippen molar-refractivity contribution in [2.24, 2.45) is 0 Å². The third-order valence-electron chi connectivity index (χ3n) is 6.01. The molecule has 2 N–H and O–H groups in total. The number of hydrogen-bond donors (Lipinski definition) is 2. The molecule has 2 aromatic carbocycles. The van der Waals surface area contributed by atoms with Crippen molar-refractivity contribution in [2.75, 3.05) is 17.1 Å². The molecule has 1 aliphatic rings. The summed E-state index contributed by atoms with van der Waals surface area (Å²) in [5.74, 6) is -0.178. The molecule has 10 heteroatoms. The second-order valence-electron chi connectivity index (χ2n) is 8.62. The highest BCUT2D eigenvalue weighted by molar-refractivity contribution is 7.92. The average molecular weight is 497 g/mol. The third-order valence-corrected chi connectivity index (χ3v) is 7.38. The number of amides is 1. The molecule has 0 fully saturated rings. The maximum atomic E-state index is 13.6. The van der Waals surface area contributed by atoms with E-state index in [4.69, 9.17) is 4.74 Å². The maximum Gasteiger partial charge on any atom is 0.265 e. The molecule has 4 rings (SSSR count). The van der Waals surface area contributed by atoms with Crippen molar-refractivity contribution in [1.82, 2.24) is 9.78 Å². The normalized spacial score (nSPS) is 13.7. The molecule has 0 unspecified atom stereocenters. The number of benzene rings is 2. The lowest BCUT2D eigenvalue weighted by molar-refractivity contribution is -0.116. The summed E-state index contributed by atoms with van der Waals surface area (Å²) in [4.78, 5) is 24.8. The fourth-order valence-electron chi connectivity index (χ4n) is 4.40. The number of anilines is 2. The van der Waals surface area contributed by atoms with Crippen molar-refractivity contribution in [2.45, 2.75) is 51.9 Å². The number of fused-ring (bicyclic) bond motifs is 1. The van der Waals surface area contributed by atoms with Crippen LogP contribution >= 0.6 is 0 Å². The summed E-state index contributed by atoms with van der Waals surface area (Å²) in [7, 11) is -2.65. The number of carbonyl (C=O) groups is 2. The molecule has 1 amide bonds.